The molecule has 25 heavy (non-hydrogen) atoms. The van der Waals surface area contributed by atoms with Gasteiger partial charge in [-0.1, -0.05) is 0 Å². The summed E-state index contributed by atoms with van der Waals surface area (Å²) in [6.45, 7) is 0. The van der Waals surface area contributed by atoms with Crippen LogP contribution in [0.25, 0.3) is 6.08 Å². The van der Waals surface area contributed by atoms with E-state index < -0.39 is 6.10 Å². The van der Waals surface area contributed by atoms with Crippen molar-refractivity contribution in [1.29, 1.82) is 0 Å². The van der Waals surface area contributed by atoms with Crippen LogP contribution in [0.2, 0.25) is 0 Å². The second kappa shape index (κ2) is 7.48. The fraction of sp³-hybridized carbons (Fsp3) is 0.389. The predicted molar refractivity (Wildman–Crippen MR) is 92.7 cm³/mol. The summed E-state index contributed by atoms with van der Waals surface area (Å²) in [5.74, 6) is 0.465. The summed E-state index contributed by atoms with van der Waals surface area (Å²) in [6.07, 6.45) is 10.3. The first kappa shape index (κ1) is 17.2. The molecule has 1 amide bonds. The molecule has 132 valence electrons. The van der Waals surface area contributed by atoms with E-state index in [-0.39, 0.29) is 18.1 Å². The molecule has 0 spiro atoms. The van der Waals surface area contributed by atoms with Crippen molar-refractivity contribution < 1.29 is 14.6 Å². The summed E-state index contributed by atoms with van der Waals surface area (Å²) in [7, 11) is 3.53. The molecule has 0 radical (unpaired) electrons. The fourth-order valence-electron chi connectivity index (χ4n) is 3.04. The Labute approximate surface area is 146 Å². The molecule has 1 aliphatic carbocycles. The number of ether oxygens (including phenoxy) is 1. The van der Waals surface area contributed by atoms with Gasteiger partial charge in [-0.15, -0.1) is 0 Å². The topological polar surface area (TPSA) is 80.5 Å². The average Bonchev–Trinajstić information content (AvgIpc) is 3.19. The van der Waals surface area contributed by atoms with E-state index in [0.29, 0.717) is 18.6 Å². The molecule has 1 aliphatic rings. The SMILES string of the molecule is CN(C(=O)/C=C/c1cnn(C)c1)[C@@H]1CC[C@@H](Oc2cccnc2)[C@@H]1O. The van der Waals surface area contributed by atoms with Crippen LogP contribution in [0.3, 0.4) is 0 Å². The van der Waals surface area contributed by atoms with Gasteiger partial charge in [0.1, 0.15) is 18.0 Å². The Balaban J connectivity index is 1.59. The van der Waals surface area contributed by atoms with Crippen LogP contribution in [0.1, 0.15) is 18.4 Å². The molecule has 2 aromatic heterocycles. The van der Waals surface area contributed by atoms with E-state index in [1.165, 1.54) is 6.08 Å². The first-order valence-corrected chi connectivity index (χ1v) is 8.23. The van der Waals surface area contributed by atoms with E-state index in [1.807, 2.05) is 13.2 Å². The zero-order valence-electron chi connectivity index (χ0n) is 14.3. The van der Waals surface area contributed by atoms with Crippen LogP contribution in [0.5, 0.6) is 5.75 Å². The number of aromatic nitrogens is 3. The van der Waals surface area contributed by atoms with E-state index in [1.54, 1.807) is 53.4 Å². The molecule has 2 heterocycles. The van der Waals surface area contributed by atoms with E-state index in [2.05, 4.69) is 10.1 Å². The number of aryl methyl sites for hydroxylation is 1. The van der Waals surface area contributed by atoms with Gasteiger partial charge < -0.3 is 14.7 Å². The van der Waals surface area contributed by atoms with Gasteiger partial charge in [-0.25, -0.2) is 0 Å². The van der Waals surface area contributed by atoms with Crippen molar-refractivity contribution in [1.82, 2.24) is 19.7 Å². The number of aliphatic hydroxyl groups is 1. The number of carbonyl (C=O) groups excluding carboxylic acids is 1. The second-order valence-electron chi connectivity index (χ2n) is 6.21. The van der Waals surface area contributed by atoms with Gasteiger partial charge in [-0.05, 0) is 31.1 Å². The molecule has 0 saturated heterocycles. The van der Waals surface area contributed by atoms with E-state index in [4.69, 9.17) is 4.74 Å². The molecule has 0 unspecified atom stereocenters. The largest absolute Gasteiger partial charge is 0.486 e. The number of hydrogen-bond donors (Lipinski definition) is 1. The molecule has 0 aliphatic heterocycles. The lowest BCUT2D eigenvalue weighted by atomic mass is 10.1. The Morgan fingerprint density at radius 2 is 2.28 bits per heavy atom. The van der Waals surface area contributed by atoms with Crippen LogP contribution >= 0.6 is 0 Å². The first-order chi connectivity index (χ1) is 12.0. The van der Waals surface area contributed by atoms with Gasteiger partial charge in [-0.2, -0.15) is 5.10 Å². The third-order valence-corrected chi connectivity index (χ3v) is 4.43. The number of carbonyl (C=O) groups is 1. The van der Waals surface area contributed by atoms with Gasteiger partial charge in [0.25, 0.3) is 0 Å². The lowest BCUT2D eigenvalue weighted by molar-refractivity contribution is -0.129. The van der Waals surface area contributed by atoms with Crippen molar-refractivity contribution in [3.63, 3.8) is 0 Å². The van der Waals surface area contributed by atoms with Crippen molar-refractivity contribution in [3.8, 4) is 5.75 Å². The van der Waals surface area contributed by atoms with Gasteiger partial charge in [0, 0.05) is 38.1 Å². The maximum atomic E-state index is 12.4. The highest BCUT2D eigenvalue weighted by Crippen LogP contribution is 2.28. The highest BCUT2D eigenvalue weighted by molar-refractivity contribution is 5.91. The Morgan fingerprint density at radius 3 is 2.96 bits per heavy atom. The number of nitrogens with zero attached hydrogens (tertiary/aromatic N) is 4. The summed E-state index contributed by atoms with van der Waals surface area (Å²) in [6, 6.07) is 3.32. The summed E-state index contributed by atoms with van der Waals surface area (Å²) in [5, 5.41) is 14.6. The van der Waals surface area contributed by atoms with E-state index in [9.17, 15) is 9.90 Å². The maximum absolute atomic E-state index is 12.4. The van der Waals surface area contributed by atoms with Crippen LogP contribution in [0.4, 0.5) is 0 Å². The molecule has 1 N–H and O–H groups in total. The van der Waals surface area contributed by atoms with Crippen molar-refractivity contribution >= 4 is 12.0 Å². The maximum Gasteiger partial charge on any atom is 0.246 e. The summed E-state index contributed by atoms with van der Waals surface area (Å²) >= 11 is 0. The summed E-state index contributed by atoms with van der Waals surface area (Å²) in [5.41, 5.74) is 0.856. The zero-order chi connectivity index (χ0) is 17.8. The van der Waals surface area contributed by atoms with Gasteiger partial charge in [-0.3, -0.25) is 14.5 Å². The van der Waals surface area contributed by atoms with Gasteiger partial charge in [0.05, 0.1) is 18.4 Å². The average molecular weight is 342 g/mol. The van der Waals surface area contributed by atoms with Gasteiger partial charge >= 0.3 is 0 Å². The molecule has 1 saturated carbocycles. The molecular weight excluding hydrogens is 320 g/mol. The summed E-state index contributed by atoms with van der Waals surface area (Å²) in [4.78, 5) is 17.9. The molecule has 2 aromatic rings. The fourth-order valence-corrected chi connectivity index (χ4v) is 3.04. The highest BCUT2D eigenvalue weighted by Gasteiger charge is 2.39. The Hall–Kier alpha value is -2.67. The number of amides is 1. The van der Waals surface area contributed by atoms with Crippen LogP contribution in [-0.2, 0) is 11.8 Å². The lowest BCUT2D eigenvalue weighted by Gasteiger charge is -2.28. The molecule has 3 atom stereocenters. The normalized spacial score (nSPS) is 23.1. The second-order valence-corrected chi connectivity index (χ2v) is 6.21. The number of hydrogen-bond acceptors (Lipinski definition) is 5. The monoisotopic (exact) mass is 342 g/mol. The quantitative estimate of drug-likeness (QED) is 0.828. The standard InChI is InChI=1S/C18H22N4O3/c1-21-12-13(10-20-21)5-8-17(23)22(2)15-6-7-16(18(15)24)25-14-4-3-9-19-11-14/h3-5,8-12,15-16,18,24H,6-7H2,1-2H3/b8-5+/t15-,16-,18-/m1/s1. The van der Waals surface area contributed by atoms with Crippen LogP contribution in [-0.4, -0.2) is 56.0 Å². The smallest absolute Gasteiger partial charge is 0.246 e. The van der Waals surface area contributed by atoms with Crippen molar-refractivity contribution in [2.24, 2.45) is 7.05 Å². The predicted octanol–water partition coefficient (Wildman–Crippen LogP) is 1.26. The van der Waals surface area contributed by atoms with E-state index in [0.717, 1.165) is 5.56 Å². The first-order valence-electron chi connectivity index (χ1n) is 8.23. The van der Waals surface area contributed by atoms with Crippen LogP contribution < -0.4 is 4.74 Å². The molecule has 7 heteroatoms. The van der Waals surface area contributed by atoms with Gasteiger partial charge in [0.15, 0.2) is 0 Å². The number of rotatable bonds is 5. The highest BCUT2D eigenvalue weighted by atomic mass is 16.5. The molecule has 0 aromatic carbocycles. The molecule has 1 fully saturated rings. The summed E-state index contributed by atoms with van der Waals surface area (Å²) < 4.78 is 7.48. The Kier molecular flexibility index (Phi) is 5.14. The number of pyridine rings is 1. The minimum Gasteiger partial charge on any atom is -0.486 e. The molecule has 0 bridgehead atoms. The van der Waals surface area contributed by atoms with E-state index >= 15 is 0 Å². The molecule has 7 nitrogen and oxygen atoms in total. The molecule has 3 rings (SSSR count). The third-order valence-electron chi connectivity index (χ3n) is 4.43. The van der Waals surface area contributed by atoms with Crippen molar-refractivity contribution in [2.75, 3.05) is 7.05 Å². The minimum absolute atomic E-state index is 0.157. The number of likely N-dealkylation sites (N-methyl/N-ethyl adjacent to an activating group) is 1. The Morgan fingerprint density at radius 1 is 1.44 bits per heavy atom. The van der Waals surface area contributed by atoms with Crippen molar-refractivity contribution in [2.45, 2.75) is 31.1 Å². The number of aliphatic hydroxyl groups excluding tert-OH is 1. The van der Waals surface area contributed by atoms with Crippen molar-refractivity contribution in [3.05, 3.63) is 48.6 Å². The van der Waals surface area contributed by atoms with Crippen LogP contribution in [0, 0.1) is 0 Å². The zero-order valence-corrected chi connectivity index (χ0v) is 14.3. The Bertz CT molecular complexity index is 744. The van der Waals surface area contributed by atoms with Gasteiger partial charge in [0.2, 0.25) is 5.91 Å². The van der Waals surface area contributed by atoms with Crippen LogP contribution in [0.15, 0.2) is 43.0 Å². The molecular formula is C18H22N4O3. The minimum atomic E-state index is -0.735. The lowest BCUT2D eigenvalue weighted by Crippen LogP contribution is -2.44. The third kappa shape index (κ3) is 4.06.